The van der Waals surface area contributed by atoms with Gasteiger partial charge in [-0.2, -0.15) is 0 Å². The van der Waals surface area contributed by atoms with Gasteiger partial charge < -0.3 is 5.11 Å². The SMILES string of the molecule is CC1=CC(=O)C2=C(C[C@@H]3C(=CC[C@@H]4C(=O)N(C5CCN(Cc6ccccc6)CC5)C(=O)[C@@H]43)[C@@H]2c2cc(Cl)ccc2O)C1=O. The highest BCUT2D eigenvalue weighted by molar-refractivity contribution is 6.30. The number of rotatable bonds is 4. The number of aromatic hydroxyl groups is 1. The number of fused-ring (bicyclic) bond motifs is 3. The van der Waals surface area contributed by atoms with Crippen LogP contribution in [-0.4, -0.2) is 57.4 Å². The van der Waals surface area contributed by atoms with E-state index in [0.717, 1.165) is 38.0 Å². The molecule has 1 N–H and O–H groups in total. The quantitative estimate of drug-likeness (QED) is 0.298. The standard InChI is InChI=1S/C35H33ClN2O5/c1-19-15-29(40)32-27(33(19)41)17-25-23(30(32)26-16-21(36)7-10-28(26)39)8-9-24-31(25)35(43)38(34(24)42)22-11-13-37(14-12-22)18-20-5-3-2-4-6-20/h2-8,10,15-16,22,24-25,30-31,39H,9,11-14,17-18H2,1H3/t24-,25+,30+,31-/m0/s1. The number of likely N-dealkylation sites (tertiary alicyclic amines) is 2. The van der Waals surface area contributed by atoms with Crippen molar-refractivity contribution in [3.63, 3.8) is 0 Å². The maximum atomic E-state index is 14.2. The van der Waals surface area contributed by atoms with Crippen molar-refractivity contribution in [2.45, 2.75) is 51.1 Å². The summed E-state index contributed by atoms with van der Waals surface area (Å²) in [5, 5.41) is 11.3. The Morgan fingerprint density at radius 2 is 1.70 bits per heavy atom. The summed E-state index contributed by atoms with van der Waals surface area (Å²) in [6, 6.07) is 14.8. The highest BCUT2D eigenvalue weighted by Gasteiger charge is 2.57. The number of nitrogens with zero attached hydrogens (tertiary/aromatic N) is 2. The largest absolute Gasteiger partial charge is 0.508 e. The van der Waals surface area contributed by atoms with Gasteiger partial charge in [-0.05, 0) is 68.4 Å². The third kappa shape index (κ3) is 4.61. The van der Waals surface area contributed by atoms with E-state index in [1.54, 1.807) is 19.1 Å². The number of halogens is 1. The van der Waals surface area contributed by atoms with Crippen LogP contribution in [0.15, 0.2) is 83.0 Å². The maximum absolute atomic E-state index is 14.2. The Labute approximate surface area is 255 Å². The molecule has 2 aromatic carbocycles. The second kappa shape index (κ2) is 10.7. The second-order valence-corrected chi connectivity index (χ2v) is 12.9. The molecule has 220 valence electrons. The molecule has 4 atom stereocenters. The summed E-state index contributed by atoms with van der Waals surface area (Å²) in [5.74, 6) is -3.07. The lowest BCUT2D eigenvalue weighted by Gasteiger charge is -2.42. The number of phenolic OH excluding ortho intramolecular Hbond substituents is 1. The first kappa shape index (κ1) is 28.0. The Balaban J connectivity index is 1.19. The fourth-order valence-electron chi connectivity index (χ4n) is 8.06. The minimum atomic E-state index is -0.715. The monoisotopic (exact) mass is 596 g/mol. The van der Waals surface area contributed by atoms with Crippen LogP contribution < -0.4 is 0 Å². The molecule has 7 nitrogen and oxygen atoms in total. The van der Waals surface area contributed by atoms with Crippen LogP contribution in [0.25, 0.3) is 0 Å². The van der Waals surface area contributed by atoms with Crippen LogP contribution >= 0.6 is 11.6 Å². The van der Waals surface area contributed by atoms with E-state index < -0.39 is 23.7 Å². The molecule has 8 heteroatoms. The van der Waals surface area contributed by atoms with Gasteiger partial charge in [0.15, 0.2) is 11.6 Å². The minimum Gasteiger partial charge on any atom is -0.508 e. The van der Waals surface area contributed by atoms with E-state index in [1.807, 2.05) is 24.3 Å². The summed E-state index contributed by atoms with van der Waals surface area (Å²) in [7, 11) is 0. The van der Waals surface area contributed by atoms with Gasteiger partial charge >= 0.3 is 0 Å². The number of hydrogen-bond donors (Lipinski definition) is 1. The lowest BCUT2D eigenvalue weighted by atomic mass is 9.59. The van der Waals surface area contributed by atoms with Crippen LogP contribution in [0, 0.1) is 17.8 Å². The molecule has 7 rings (SSSR count). The smallest absolute Gasteiger partial charge is 0.233 e. The van der Waals surface area contributed by atoms with Gasteiger partial charge in [0.2, 0.25) is 11.8 Å². The number of amides is 2. The molecule has 3 aliphatic carbocycles. The molecule has 2 fully saturated rings. The zero-order valence-electron chi connectivity index (χ0n) is 24.0. The van der Waals surface area contributed by atoms with Crippen molar-refractivity contribution in [3.05, 3.63) is 99.1 Å². The van der Waals surface area contributed by atoms with Gasteiger partial charge in [0.1, 0.15) is 5.75 Å². The first-order chi connectivity index (χ1) is 20.7. The first-order valence-corrected chi connectivity index (χ1v) is 15.4. The molecule has 2 aliphatic heterocycles. The Kier molecular flexibility index (Phi) is 6.98. The van der Waals surface area contributed by atoms with Gasteiger partial charge in [-0.15, -0.1) is 0 Å². The van der Waals surface area contributed by atoms with E-state index in [2.05, 4.69) is 17.0 Å². The van der Waals surface area contributed by atoms with Crippen LogP contribution in [0.1, 0.15) is 49.7 Å². The van der Waals surface area contributed by atoms with Crippen molar-refractivity contribution in [1.82, 2.24) is 9.80 Å². The molecule has 0 saturated carbocycles. The summed E-state index contributed by atoms with van der Waals surface area (Å²) in [6.07, 6.45) is 5.37. The van der Waals surface area contributed by atoms with Crippen molar-refractivity contribution >= 4 is 35.0 Å². The molecule has 0 unspecified atom stereocenters. The van der Waals surface area contributed by atoms with Crippen molar-refractivity contribution in [3.8, 4) is 5.75 Å². The zero-order chi connectivity index (χ0) is 30.0. The Morgan fingerprint density at radius 1 is 0.953 bits per heavy atom. The molecule has 2 amide bonds. The van der Waals surface area contributed by atoms with Gasteiger partial charge in [-0.3, -0.25) is 29.0 Å². The molecular weight excluding hydrogens is 564 g/mol. The molecule has 0 spiro atoms. The van der Waals surface area contributed by atoms with Crippen LogP contribution in [0.5, 0.6) is 5.75 Å². The number of imide groups is 1. The van der Waals surface area contributed by atoms with Crippen LogP contribution in [0.2, 0.25) is 5.02 Å². The van der Waals surface area contributed by atoms with Crippen LogP contribution in [-0.2, 0) is 25.7 Å². The predicted molar refractivity (Wildman–Crippen MR) is 161 cm³/mol. The number of Topliss-reactive ketones (excluding diaryl/α,β-unsaturated/α-hetero) is 1. The summed E-state index contributed by atoms with van der Waals surface area (Å²) < 4.78 is 0. The van der Waals surface area contributed by atoms with Gasteiger partial charge in [-0.1, -0.05) is 53.6 Å². The molecule has 0 radical (unpaired) electrons. The highest BCUT2D eigenvalue weighted by Crippen LogP contribution is 2.56. The molecule has 43 heavy (non-hydrogen) atoms. The zero-order valence-corrected chi connectivity index (χ0v) is 24.7. The molecule has 0 bridgehead atoms. The second-order valence-electron chi connectivity index (χ2n) is 12.5. The van der Waals surface area contributed by atoms with E-state index in [0.29, 0.717) is 33.7 Å². The molecule has 2 saturated heterocycles. The summed E-state index contributed by atoms with van der Waals surface area (Å²) in [4.78, 5) is 58.9. The van der Waals surface area contributed by atoms with Crippen LogP contribution in [0.3, 0.4) is 0 Å². The number of allylic oxidation sites excluding steroid dienone is 6. The average Bonchev–Trinajstić information content (AvgIpc) is 3.26. The topological polar surface area (TPSA) is 95.0 Å². The molecule has 0 aromatic heterocycles. The number of hydrogen-bond acceptors (Lipinski definition) is 6. The van der Waals surface area contributed by atoms with Crippen molar-refractivity contribution in [1.29, 1.82) is 0 Å². The first-order valence-electron chi connectivity index (χ1n) is 15.0. The highest BCUT2D eigenvalue weighted by atomic mass is 35.5. The lowest BCUT2D eigenvalue weighted by molar-refractivity contribution is -0.144. The predicted octanol–water partition coefficient (Wildman–Crippen LogP) is 5.14. The Morgan fingerprint density at radius 3 is 2.44 bits per heavy atom. The number of piperidine rings is 1. The number of benzene rings is 2. The number of carbonyl (C=O) groups is 4. The third-order valence-corrected chi connectivity index (χ3v) is 10.3. The van der Waals surface area contributed by atoms with Crippen molar-refractivity contribution in [2.75, 3.05) is 13.1 Å². The van der Waals surface area contributed by atoms with Crippen molar-refractivity contribution in [2.24, 2.45) is 17.8 Å². The fourth-order valence-corrected chi connectivity index (χ4v) is 8.24. The summed E-state index contributed by atoms with van der Waals surface area (Å²) in [6.45, 7) is 4.06. The van der Waals surface area contributed by atoms with Gasteiger partial charge in [0.25, 0.3) is 0 Å². The number of ketones is 2. The van der Waals surface area contributed by atoms with Crippen molar-refractivity contribution < 1.29 is 24.3 Å². The third-order valence-electron chi connectivity index (χ3n) is 10.1. The van der Waals surface area contributed by atoms with E-state index in [-0.39, 0.29) is 41.6 Å². The molecule has 2 aromatic rings. The summed E-state index contributed by atoms with van der Waals surface area (Å²) in [5.41, 5.74) is 3.57. The average molecular weight is 597 g/mol. The summed E-state index contributed by atoms with van der Waals surface area (Å²) >= 11 is 6.35. The van der Waals surface area contributed by atoms with Crippen LogP contribution in [0.4, 0.5) is 0 Å². The minimum absolute atomic E-state index is 0.0332. The van der Waals surface area contributed by atoms with Gasteiger partial charge in [-0.25, -0.2) is 0 Å². The number of carbonyl (C=O) groups excluding carboxylic acids is 4. The lowest BCUT2D eigenvalue weighted by Crippen LogP contribution is -2.47. The van der Waals surface area contributed by atoms with E-state index >= 15 is 0 Å². The molecule has 5 aliphatic rings. The number of phenols is 1. The maximum Gasteiger partial charge on any atom is 0.233 e. The van der Waals surface area contributed by atoms with Gasteiger partial charge in [0, 0.05) is 58.9 Å². The normalized spacial score (nSPS) is 28.0. The fraction of sp³-hybridized carbons (Fsp3) is 0.371. The molecule has 2 heterocycles. The van der Waals surface area contributed by atoms with E-state index in [4.69, 9.17) is 11.6 Å². The van der Waals surface area contributed by atoms with E-state index in [9.17, 15) is 24.3 Å². The Hall–Kier alpha value is -3.81. The molecular formula is C35H33ClN2O5. The Bertz CT molecular complexity index is 1650. The van der Waals surface area contributed by atoms with Gasteiger partial charge in [0.05, 0.1) is 11.8 Å². The van der Waals surface area contributed by atoms with E-state index in [1.165, 1.54) is 22.6 Å².